The van der Waals surface area contributed by atoms with Crippen molar-refractivity contribution in [2.24, 2.45) is 5.73 Å². The summed E-state index contributed by atoms with van der Waals surface area (Å²) in [5.41, 5.74) is 8.04. The van der Waals surface area contributed by atoms with Crippen LogP contribution in [0, 0.1) is 6.92 Å². The number of rotatable bonds is 2. The average Bonchev–Trinajstić information content (AvgIpc) is 3.02. The molecule has 2 unspecified atom stereocenters. The Kier molecular flexibility index (Phi) is 4.16. The molecule has 2 N–H and O–H groups in total. The molecule has 26 heavy (non-hydrogen) atoms. The van der Waals surface area contributed by atoms with Gasteiger partial charge in [-0.25, -0.2) is 4.68 Å². The van der Waals surface area contributed by atoms with Crippen LogP contribution in [-0.4, -0.2) is 49.4 Å². The summed E-state index contributed by atoms with van der Waals surface area (Å²) in [6.45, 7) is 4.58. The fourth-order valence-electron chi connectivity index (χ4n) is 3.69. The topological polar surface area (TPSA) is 89.9 Å². The molecule has 134 valence electrons. The van der Waals surface area contributed by atoms with Crippen molar-refractivity contribution < 1.29 is 4.79 Å². The molecule has 4 rings (SSSR count). The Morgan fingerprint density at radius 2 is 2.15 bits per heavy atom. The summed E-state index contributed by atoms with van der Waals surface area (Å²) in [5.74, 6) is -0.0740. The van der Waals surface area contributed by atoms with Crippen LogP contribution >= 0.6 is 0 Å². The maximum absolute atomic E-state index is 13.0. The normalized spacial score (nSPS) is 20.5. The van der Waals surface area contributed by atoms with Crippen LogP contribution in [0.3, 0.4) is 0 Å². The zero-order valence-corrected chi connectivity index (χ0v) is 15.0. The van der Waals surface area contributed by atoms with Crippen LogP contribution in [0.15, 0.2) is 36.7 Å². The monoisotopic (exact) mass is 350 g/mol. The van der Waals surface area contributed by atoms with Crippen LogP contribution < -0.4 is 5.73 Å². The number of nitrogens with two attached hydrogens (primary N) is 1. The maximum atomic E-state index is 13.0. The van der Waals surface area contributed by atoms with E-state index in [9.17, 15) is 4.79 Å². The Labute approximate surface area is 151 Å². The smallest absolute Gasteiger partial charge is 0.276 e. The van der Waals surface area contributed by atoms with Crippen molar-refractivity contribution >= 4 is 16.7 Å². The van der Waals surface area contributed by atoms with E-state index in [1.165, 1.54) is 0 Å². The van der Waals surface area contributed by atoms with E-state index in [1.54, 1.807) is 10.9 Å². The summed E-state index contributed by atoms with van der Waals surface area (Å²) in [7, 11) is 0. The van der Waals surface area contributed by atoms with Crippen LogP contribution in [-0.2, 0) is 0 Å². The van der Waals surface area contributed by atoms with Gasteiger partial charge in [-0.05, 0) is 38.8 Å². The van der Waals surface area contributed by atoms with E-state index in [0.717, 1.165) is 35.0 Å². The fraction of sp³-hybridized carbons (Fsp3) is 0.368. The number of fused-ring (bicyclic) bond motifs is 1. The Balaban J connectivity index is 1.71. The number of likely N-dealkylation sites (tertiary alicyclic amines) is 1. The van der Waals surface area contributed by atoms with Crippen molar-refractivity contribution in [1.82, 2.24) is 24.9 Å². The van der Waals surface area contributed by atoms with Gasteiger partial charge >= 0.3 is 0 Å². The number of aromatic nitrogens is 4. The number of nitrogens with zero attached hydrogens (tertiary/aromatic N) is 5. The Hall–Kier alpha value is -2.80. The van der Waals surface area contributed by atoms with Gasteiger partial charge in [0.25, 0.3) is 5.91 Å². The first-order valence-corrected chi connectivity index (χ1v) is 8.88. The van der Waals surface area contributed by atoms with E-state index in [2.05, 4.69) is 15.3 Å². The number of hydrogen-bond acceptors (Lipinski definition) is 5. The highest BCUT2D eigenvalue weighted by Crippen LogP contribution is 2.24. The van der Waals surface area contributed by atoms with Crippen molar-refractivity contribution in [2.75, 3.05) is 6.54 Å². The third-order valence-corrected chi connectivity index (χ3v) is 5.16. The summed E-state index contributed by atoms with van der Waals surface area (Å²) in [5, 5.41) is 10.5. The van der Waals surface area contributed by atoms with Crippen LogP contribution in [0.4, 0.5) is 0 Å². The summed E-state index contributed by atoms with van der Waals surface area (Å²) in [6.07, 6.45) is 5.20. The number of carbonyl (C=O) groups excluding carboxylic acids is 1. The van der Waals surface area contributed by atoms with Gasteiger partial charge in [-0.2, -0.15) is 0 Å². The molecule has 2 aromatic heterocycles. The summed E-state index contributed by atoms with van der Waals surface area (Å²) in [4.78, 5) is 19.0. The first-order chi connectivity index (χ1) is 12.6. The highest BCUT2D eigenvalue weighted by atomic mass is 16.2. The molecular weight excluding hydrogens is 328 g/mol. The van der Waals surface area contributed by atoms with Gasteiger partial charge in [-0.3, -0.25) is 9.78 Å². The van der Waals surface area contributed by atoms with E-state index in [1.807, 2.05) is 49.2 Å². The summed E-state index contributed by atoms with van der Waals surface area (Å²) >= 11 is 0. The van der Waals surface area contributed by atoms with Crippen LogP contribution in [0.5, 0.6) is 0 Å². The maximum Gasteiger partial charge on any atom is 0.276 e. The molecule has 0 aliphatic carbocycles. The molecule has 3 aromatic rings. The lowest BCUT2D eigenvalue weighted by atomic mass is 9.98. The van der Waals surface area contributed by atoms with Crippen LogP contribution in [0.25, 0.3) is 16.5 Å². The highest BCUT2D eigenvalue weighted by Gasteiger charge is 2.30. The molecule has 0 bridgehead atoms. The van der Waals surface area contributed by atoms with Gasteiger partial charge in [0.15, 0.2) is 5.69 Å². The first kappa shape index (κ1) is 16.7. The third-order valence-electron chi connectivity index (χ3n) is 5.16. The van der Waals surface area contributed by atoms with Gasteiger partial charge in [-0.15, -0.1) is 5.10 Å². The van der Waals surface area contributed by atoms with Gasteiger partial charge in [0.2, 0.25) is 0 Å². The van der Waals surface area contributed by atoms with Crippen LogP contribution in [0.2, 0.25) is 0 Å². The molecule has 3 heterocycles. The van der Waals surface area contributed by atoms with E-state index in [0.29, 0.717) is 12.2 Å². The first-order valence-electron chi connectivity index (χ1n) is 8.88. The Bertz CT molecular complexity index is 960. The quantitative estimate of drug-likeness (QED) is 0.764. The molecule has 1 saturated heterocycles. The molecular formula is C19H22N6O. The third kappa shape index (κ3) is 2.74. The van der Waals surface area contributed by atoms with E-state index in [-0.39, 0.29) is 18.0 Å². The fourth-order valence-corrected chi connectivity index (χ4v) is 3.69. The van der Waals surface area contributed by atoms with E-state index < -0.39 is 0 Å². The Morgan fingerprint density at radius 3 is 2.96 bits per heavy atom. The Morgan fingerprint density at radius 1 is 1.31 bits per heavy atom. The largest absolute Gasteiger partial charge is 0.334 e. The minimum absolute atomic E-state index is 0.0740. The lowest BCUT2D eigenvalue weighted by Gasteiger charge is -2.36. The average molecular weight is 350 g/mol. The van der Waals surface area contributed by atoms with Crippen molar-refractivity contribution in [3.8, 4) is 5.69 Å². The molecule has 0 spiro atoms. The second-order valence-corrected chi connectivity index (χ2v) is 6.94. The predicted molar refractivity (Wildman–Crippen MR) is 99.1 cm³/mol. The molecule has 1 aliphatic rings. The molecule has 1 aliphatic heterocycles. The van der Waals surface area contributed by atoms with E-state index >= 15 is 0 Å². The SMILES string of the molecule is Cc1c(C(=O)N2CCC(N)CC2C)nnn1-c1cccc2cnccc12. The van der Waals surface area contributed by atoms with Crippen molar-refractivity contribution in [2.45, 2.75) is 38.8 Å². The van der Waals surface area contributed by atoms with Gasteiger partial charge < -0.3 is 10.6 Å². The molecule has 2 atom stereocenters. The minimum Gasteiger partial charge on any atom is -0.334 e. The predicted octanol–water partition coefficient (Wildman–Crippen LogP) is 2.08. The zero-order valence-electron chi connectivity index (χ0n) is 15.0. The van der Waals surface area contributed by atoms with Gasteiger partial charge in [-0.1, -0.05) is 17.3 Å². The van der Waals surface area contributed by atoms with Crippen molar-refractivity contribution in [1.29, 1.82) is 0 Å². The number of piperidine rings is 1. The molecule has 1 aromatic carbocycles. The molecule has 0 radical (unpaired) electrons. The standard InChI is InChI=1S/C19H22N6O/c1-12-10-15(20)7-9-24(12)19(26)18-13(2)25(23-22-18)17-5-3-4-14-11-21-8-6-16(14)17/h3-6,8,11-12,15H,7,9-10,20H2,1-2H3. The lowest BCUT2D eigenvalue weighted by molar-refractivity contribution is 0.0612. The summed E-state index contributed by atoms with van der Waals surface area (Å²) < 4.78 is 1.73. The molecule has 7 nitrogen and oxygen atoms in total. The number of pyridine rings is 1. The second kappa shape index (κ2) is 6.49. The van der Waals surface area contributed by atoms with Gasteiger partial charge in [0.1, 0.15) is 0 Å². The van der Waals surface area contributed by atoms with Crippen LogP contribution in [0.1, 0.15) is 35.9 Å². The molecule has 0 saturated carbocycles. The lowest BCUT2D eigenvalue weighted by Crippen LogP contribution is -2.48. The summed E-state index contributed by atoms with van der Waals surface area (Å²) in [6, 6.07) is 8.15. The number of benzene rings is 1. The minimum atomic E-state index is -0.0740. The molecule has 1 fully saturated rings. The van der Waals surface area contributed by atoms with Gasteiger partial charge in [0.05, 0.1) is 11.4 Å². The number of amides is 1. The zero-order chi connectivity index (χ0) is 18.3. The van der Waals surface area contributed by atoms with E-state index in [4.69, 9.17) is 5.73 Å². The second-order valence-electron chi connectivity index (χ2n) is 6.94. The number of carbonyl (C=O) groups is 1. The number of hydrogen-bond donors (Lipinski definition) is 1. The molecule has 7 heteroatoms. The molecule has 1 amide bonds. The van der Waals surface area contributed by atoms with Crippen molar-refractivity contribution in [3.05, 3.63) is 48.0 Å². The van der Waals surface area contributed by atoms with Gasteiger partial charge in [0, 0.05) is 41.8 Å². The van der Waals surface area contributed by atoms with Crippen molar-refractivity contribution in [3.63, 3.8) is 0 Å². The highest BCUT2D eigenvalue weighted by molar-refractivity contribution is 5.94.